The molecule has 2 rings (SSSR count). The summed E-state index contributed by atoms with van der Waals surface area (Å²) >= 11 is 7.16. The summed E-state index contributed by atoms with van der Waals surface area (Å²) in [5.74, 6) is -0.478. The van der Waals surface area contributed by atoms with Crippen LogP contribution in [0.1, 0.15) is 37.6 Å². The fraction of sp³-hybridized carbons (Fsp3) is 0.357. The number of benzene rings is 1. The van der Waals surface area contributed by atoms with Crippen LogP contribution in [0.5, 0.6) is 0 Å². The zero-order valence-electron chi connectivity index (χ0n) is 12.2. The molecule has 9 heteroatoms. The topological polar surface area (TPSA) is 43.1 Å². The van der Waals surface area contributed by atoms with E-state index in [1.54, 1.807) is 0 Å². The Balaban J connectivity index is 2.33. The highest BCUT2D eigenvalue weighted by Crippen LogP contribution is 2.24. The molecule has 1 aromatic heterocycles. The summed E-state index contributed by atoms with van der Waals surface area (Å²) in [6, 6.07) is 4.15. The number of nitrogens with zero attached hydrogens (tertiary/aromatic N) is 4. The fourth-order valence-corrected chi connectivity index (χ4v) is 2.86. The van der Waals surface area contributed by atoms with Gasteiger partial charge in [0.25, 0.3) is 6.43 Å². The van der Waals surface area contributed by atoms with E-state index >= 15 is 0 Å². The third kappa shape index (κ3) is 4.48. The number of rotatable bonds is 7. The van der Waals surface area contributed by atoms with Crippen molar-refractivity contribution in [2.45, 2.75) is 31.3 Å². The molecule has 0 unspecified atom stereocenters. The molecule has 1 heterocycles. The molecule has 0 saturated carbocycles. The highest BCUT2D eigenvalue weighted by Gasteiger charge is 2.20. The minimum atomic E-state index is -2.84. The van der Waals surface area contributed by atoms with Crippen molar-refractivity contribution in [3.8, 4) is 0 Å². The number of halogens is 4. The van der Waals surface area contributed by atoms with Crippen LogP contribution < -0.4 is 0 Å². The lowest BCUT2D eigenvalue weighted by Crippen LogP contribution is -2.02. The van der Waals surface area contributed by atoms with Crippen LogP contribution in [0.3, 0.4) is 0 Å². The lowest BCUT2D eigenvalue weighted by Gasteiger charge is -2.04. The van der Waals surface area contributed by atoms with E-state index in [1.807, 2.05) is 6.92 Å². The summed E-state index contributed by atoms with van der Waals surface area (Å²) in [6.07, 6.45) is 0.134. The summed E-state index contributed by atoms with van der Waals surface area (Å²) in [7, 11) is 0. The lowest BCUT2D eigenvalue weighted by molar-refractivity contribution is 0.135. The smallest absolute Gasteiger partial charge is 0.206 e. The van der Waals surface area contributed by atoms with Crippen LogP contribution in [-0.2, 0) is 0 Å². The number of alkyl halides is 2. The number of hydrogen-bond acceptors (Lipinski definition) is 4. The first-order valence-electron chi connectivity index (χ1n) is 6.89. The van der Waals surface area contributed by atoms with Gasteiger partial charge in [-0.3, -0.25) is 0 Å². The normalized spacial score (nSPS) is 11.7. The van der Waals surface area contributed by atoms with Gasteiger partial charge in [-0.05, 0) is 18.6 Å². The Bertz CT molecular complexity index is 670. The number of unbranched alkanes of at least 4 members (excludes halogenated alkanes) is 1. The molecular weight excluding hydrogens is 349 g/mol. The second-order valence-corrected chi connectivity index (χ2v) is 6.00. The predicted octanol–water partition coefficient (Wildman–Crippen LogP) is 4.78. The maximum absolute atomic E-state index is 13.7. The molecule has 0 aliphatic carbocycles. The van der Waals surface area contributed by atoms with E-state index in [9.17, 15) is 13.2 Å². The molecule has 0 aliphatic heterocycles. The molecule has 0 N–H and O–H groups in total. The van der Waals surface area contributed by atoms with Gasteiger partial charge in [0.2, 0.25) is 11.0 Å². The number of aromatic nitrogens is 3. The van der Waals surface area contributed by atoms with Crippen LogP contribution in [0.15, 0.2) is 28.5 Å². The van der Waals surface area contributed by atoms with Crippen LogP contribution >= 0.6 is 23.4 Å². The van der Waals surface area contributed by atoms with Gasteiger partial charge in [0.05, 0.1) is 11.2 Å². The van der Waals surface area contributed by atoms with Gasteiger partial charge in [0, 0.05) is 11.3 Å². The van der Waals surface area contributed by atoms with E-state index in [0.717, 1.165) is 23.7 Å². The summed E-state index contributed by atoms with van der Waals surface area (Å²) in [5.41, 5.74) is 0.0209. The van der Waals surface area contributed by atoms with Crippen LogP contribution in [0, 0.1) is 5.82 Å². The van der Waals surface area contributed by atoms with Crippen molar-refractivity contribution in [1.29, 1.82) is 0 Å². The Hall–Kier alpha value is -1.54. The zero-order chi connectivity index (χ0) is 16.8. The summed E-state index contributed by atoms with van der Waals surface area (Å²) in [4.78, 5) is 0. The molecule has 0 fully saturated rings. The Kier molecular flexibility index (Phi) is 6.47. The largest absolute Gasteiger partial charge is 0.299 e. The standard InChI is InChI=1S/C14H14ClF3N4S/c1-2-3-7-23-14-21-20-13(12(17)18)22(14)19-8-9-10(15)5-4-6-11(9)16/h4-6,8,12H,2-3,7H2,1H3/b19-8+. The molecule has 1 aromatic carbocycles. The summed E-state index contributed by atoms with van der Waals surface area (Å²) in [5, 5.41) is 11.4. The lowest BCUT2D eigenvalue weighted by atomic mass is 10.2. The Morgan fingerprint density at radius 2 is 2.17 bits per heavy atom. The summed E-state index contributed by atoms with van der Waals surface area (Å²) < 4.78 is 40.7. The molecule has 23 heavy (non-hydrogen) atoms. The van der Waals surface area contributed by atoms with Crippen LogP contribution in [0.25, 0.3) is 0 Å². The van der Waals surface area contributed by atoms with Gasteiger partial charge >= 0.3 is 0 Å². The fourth-order valence-electron chi connectivity index (χ4n) is 1.67. The molecule has 0 bridgehead atoms. The molecule has 2 aromatic rings. The zero-order valence-corrected chi connectivity index (χ0v) is 13.8. The van der Waals surface area contributed by atoms with Gasteiger partial charge in [0.15, 0.2) is 0 Å². The van der Waals surface area contributed by atoms with Crippen molar-refractivity contribution < 1.29 is 13.2 Å². The first kappa shape index (κ1) is 17.8. The minimum absolute atomic E-state index is 0.0209. The van der Waals surface area contributed by atoms with Gasteiger partial charge < -0.3 is 0 Å². The van der Waals surface area contributed by atoms with Crippen LogP contribution in [-0.4, -0.2) is 26.8 Å². The van der Waals surface area contributed by atoms with E-state index in [4.69, 9.17) is 11.6 Å². The van der Waals surface area contributed by atoms with Crippen molar-refractivity contribution in [2.24, 2.45) is 5.10 Å². The first-order chi connectivity index (χ1) is 11.0. The molecular formula is C14H14ClF3N4S. The first-order valence-corrected chi connectivity index (χ1v) is 8.25. The van der Waals surface area contributed by atoms with Crippen molar-refractivity contribution in [3.05, 3.63) is 40.4 Å². The second kappa shape index (κ2) is 8.35. The average Bonchev–Trinajstić information content (AvgIpc) is 2.90. The van der Waals surface area contributed by atoms with Gasteiger partial charge in [-0.1, -0.05) is 42.8 Å². The van der Waals surface area contributed by atoms with Crippen molar-refractivity contribution in [3.63, 3.8) is 0 Å². The maximum atomic E-state index is 13.7. The highest BCUT2D eigenvalue weighted by molar-refractivity contribution is 7.99. The van der Waals surface area contributed by atoms with Gasteiger partial charge in [-0.15, -0.1) is 10.2 Å². The van der Waals surface area contributed by atoms with E-state index in [1.165, 1.54) is 30.0 Å². The van der Waals surface area contributed by atoms with Crippen molar-refractivity contribution in [2.75, 3.05) is 5.75 Å². The second-order valence-electron chi connectivity index (χ2n) is 4.54. The summed E-state index contributed by atoms with van der Waals surface area (Å²) in [6.45, 7) is 2.02. The van der Waals surface area contributed by atoms with Gasteiger partial charge in [-0.25, -0.2) is 13.2 Å². The predicted molar refractivity (Wildman–Crippen MR) is 85.0 cm³/mol. The third-order valence-electron chi connectivity index (χ3n) is 2.86. The SMILES string of the molecule is CCCCSc1nnc(C(F)F)n1/N=C/c1c(F)cccc1Cl. The Morgan fingerprint density at radius 3 is 2.83 bits per heavy atom. The molecule has 0 atom stereocenters. The van der Waals surface area contributed by atoms with E-state index in [0.29, 0.717) is 5.75 Å². The van der Waals surface area contributed by atoms with Gasteiger partial charge in [-0.2, -0.15) is 9.78 Å². The van der Waals surface area contributed by atoms with Crippen LogP contribution in [0.4, 0.5) is 13.2 Å². The Labute approximate surface area is 140 Å². The van der Waals surface area contributed by atoms with E-state index in [2.05, 4.69) is 15.3 Å². The molecule has 0 aliphatic rings. The van der Waals surface area contributed by atoms with Crippen molar-refractivity contribution >= 4 is 29.6 Å². The average molecular weight is 363 g/mol. The molecule has 4 nitrogen and oxygen atoms in total. The number of hydrogen-bond donors (Lipinski definition) is 0. The quantitative estimate of drug-likeness (QED) is 0.404. The maximum Gasteiger partial charge on any atom is 0.299 e. The Morgan fingerprint density at radius 1 is 1.39 bits per heavy atom. The van der Waals surface area contributed by atoms with E-state index < -0.39 is 18.1 Å². The van der Waals surface area contributed by atoms with Crippen molar-refractivity contribution in [1.82, 2.24) is 14.9 Å². The monoisotopic (exact) mass is 362 g/mol. The molecule has 124 valence electrons. The molecule has 0 spiro atoms. The molecule has 0 amide bonds. The third-order valence-corrected chi connectivity index (χ3v) is 4.20. The molecule has 0 radical (unpaired) electrons. The minimum Gasteiger partial charge on any atom is -0.206 e. The molecule has 0 saturated heterocycles. The van der Waals surface area contributed by atoms with E-state index in [-0.39, 0.29) is 15.7 Å². The highest BCUT2D eigenvalue weighted by atomic mass is 35.5. The van der Waals surface area contributed by atoms with Gasteiger partial charge in [0.1, 0.15) is 5.82 Å². The number of thioether (sulfide) groups is 1. The van der Waals surface area contributed by atoms with Crippen LogP contribution in [0.2, 0.25) is 5.02 Å².